The Labute approximate surface area is 150 Å². The van der Waals surface area contributed by atoms with Crippen molar-refractivity contribution in [2.24, 2.45) is 4.99 Å². The van der Waals surface area contributed by atoms with Crippen LogP contribution in [-0.4, -0.2) is 16.0 Å². The second-order valence-corrected chi connectivity index (χ2v) is 6.51. The molecule has 1 aromatic heterocycles. The summed E-state index contributed by atoms with van der Waals surface area (Å²) in [5.41, 5.74) is 5.89. The van der Waals surface area contributed by atoms with E-state index in [9.17, 15) is 4.79 Å². The summed E-state index contributed by atoms with van der Waals surface area (Å²) in [6, 6.07) is 13.5. The zero-order chi connectivity index (χ0) is 17.6. The molecule has 0 radical (unpaired) electrons. The Kier molecular flexibility index (Phi) is 3.70. The molecule has 0 saturated heterocycles. The zero-order valence-electron chi connectivity index (χ0n) is 13.9. The highest BCUT2D eigenvalue weighted by molar-refractivity contribution is 6.31. The van der Waals surface area contributed by atoms with E-state index in [1.807, 2.05) is 56.3 Å². The summed E-state index contributed by atoms with van der Waals surface area (Å²) in [5.74, 6) is 0. The molecule has 0 spiro atoms. The van der Waals surface area contributed by atoms with E-state index in [4.69, 9.17) is 11.6 Å². The maximum Gasteiger partial charge on any atom is 0.278 e. The fraction of sp³-hybridized carbons (Fsp3) is 0.100. The van der Waals surface area contributed by atoms with Gasteiger partial charge in [0.15, 0.2) is 0 Å². The summed E-state index contributed by atoms with van der Waals surface area (Å²) in [6.45, 7) is 3.82. The van der Waals surface area contributed by atoms with Crippen molar-refractivity contribution < 1.29 is 0 Å². The Morgan fingerprint density at radius 2 is 1.96 bits per heavy atom. The fourth-order valence-electron chi connectivity index (χ4n) is 2.94. The Balaban J connectivity index is 1.82. The third-order valence-corrected chi connectivity index (χ3v) is 4.80. The minimum Gasteiger partial charge on any atom is -0.295 e. The van der Waals surface area contributed by atoms with Crippen molar-refractivity contribution in [3.05, 3.63) is 80.2 Å². The lowest BCUT2D eigenvalue weighted by atomic mass is 10.0. The van der Waals surface area contributed by atoms with Crippen molar-refractivity contribution >= 4 is 35.2 Å². The Morgan fingerprint density at radius 1 is 1.16 bits per heavy atom. The van der Waals surface area contributed by atoms with Crippen molar-refractivity contribution in [1.29, 1.82) is 0 Å². The van der Waals surface area contributed by atoms with Gasteiger partial charge in [-0.05, 0) is 43.7 Å². The van der Waals surface area contributed by atoms with Crippen LogP contribution in [0.2, 0.25) is 5.02 Å². The van der Waals surface area contributed by atoms with E-state index >= 15 is 0 Å². The topological polar surface area (TPSA) is 50.1 Å². The Hall–Kier alpha value is -2.85. The van der Waals surface area contributed by atoms with Gasteiger partial charge < -0.3 is 0 Å². The number of rotatable bonds is 2. The summed E-state index contributed by atoms with van der Waals surface area (Å²) in [6.07, 6.45) is 3.68. The molecule has 5 heteroatoms. The first-order chi connectivity index (χ1) is 12.0. The molecule has 4 rings (SSSR count). The molecule has 1 N–H and O–H groups in total. The Morgan fingerprint density at radius 3 is 2.76 bits per heavy atom. The number of fused-ring (bicyclic) bond motifs is 1. The van der Waals surface area contributed by atoms with Crippen LogP contribution in [-0.2, 0) is 0 Å². The first-order valence-electron chi connectivity index (χ1n) is 7.98. The monoisotopic (exact) mass is 349 g/mol. The molecule has 0 saturated carbocycles. The van der Waals surface area contributed by atoms with Gasteiger partial charge in [-0.1, -0.05) is 35.9 Å². The molecule has 2 aromatic carbocycles. The molecule has 0 fully saturated rings. The third kappa shape index (κ3) is 2.65. The number of nitrogens with one attached hydrogen (secondary N) is 1. The quantitative estimate of drug-likeness (QED) is 0.716. The molecule has 0 bridgehead atoms. The van der Waals surface area contributed by atoms with Gasteiger partial charge >= 0.3 is 0 Å². The molecule has 2 heterocycles. The number of nitrogens with zero attached hydrogens (tertiary/aromatic N) is 2. The summed E-state index contributed by atoms with van der Waals surface area (Å²) in [7, 11) is 0. The number of H-pyrrole nitrogens is 1. The molecule has 0 amide bonds. The standard InChI is InChI=1S/C20H16ClN3O/c1-12-7-8-15(10-18(12)21)24-20(25)17(13(2)23-24)9-14-11-22-19-6-4-3-5-16(14)19/h3-11,23H,1-2H3. The number of allylic oxidation sites excluding steroid dienone is 1. The normalized spacial score (nSPS) is 14.3. The minimum absolute atomic E-state index is 0.109. The van der Waals surface area contributed by atoms with Gasteiger partial charge in [-0.2, -0.15) is 0 Å². The van der Waals surface area contributed by atoms with Gasteiger partial charge in [0, 0.05) is 28.1 Å². The van der Waals surface area contributed by atoms with Crippen molar-refractivity contribution in [3.63, 3.8) is 0 Å². The van der Waals surface area contributed by atoms with Crippen LogP contribution >= 0.6 is 11.6 Å². The van der Waals surface area contributed by atoms with E-state index in [1.54, 1.807) is 12.3 Å². The molecule has 0 aliphatic carbocycles. The van der Waals surface area contributed by atoms with Gasteiger partial charge in [0.2, 0.25) is 0 Å². The van der Waals surface area contributed by atoms with Crippen LogP contribution in [0.5, 0.6) is 0 Å². The molecule has 0 unspecified atom stereocenters. The lowest BCUT2D eigenvalue weighted by Gasteiger charge is -2.04. The van der Waals surface area contributed by atoms with E-state index in [2.05, 4.69) is 10.1 Å². The van der Waals surface area contributed by atoms with Crippen molar-refractivity contribution in [3.8, 4) is 5.69 Å². The number of aryl methyl sites for hydroxylation is 2. The second-order valence-electron chi connectivity index (χ2n) is 6.10. The summed E-state index contributed by atoms with van der Waals surface area (Å²) < 4.78 is 1.52. The SMILES string of the molecule is Cc1ccc(-n2[nH]c(C)c(C=C3C=Nc4ccccc43)c2=O)cc1Cl. The zero-order valence-corrected chi connectivity index (χ0v) is 14.6. The van der Waals surface area contributed by atoms with Crippen LogP contribution < -0.4 is 5.56 Å². The average Bonchev–Trinajstić information content (AvgIpc) is 3.14. The number of benzene rings is 2. The summed E-state index contributed by atoms with van der Waals surface area (Å²) in [4.78, 5) is 17.3. The summed E-state index contributed by atoms with van der Waals surface area (Å²) in [5, 5.41) is 3.76. The van der Waals surface area contributed by atoms with E-state index in [0.717, 1.165) is 28.1 Å². The fourth-order valence-corrected chi connectivity index (χ4v) is 3.12. The van der Waals surface area contributed by atoms with Crippen LogP contribution in [0.4, 0.5) is 5.69 Å². The molecule has 0 atom stereocenters. The number of halogens is 1. The largest absolute Gasteiger partial charge is 0.295 e. The van der Waals surface area contributed by atoms with Crippen LogP contribution in [0.25, 0.3) is 17.3 Å². The number of para-hydroxylation sites is 1. The maximum atomic E-state index is 12.9. The molecular weight excluding hydrogens is 334 g/mol. The summed E-state index contributed by atoms with van der Waals surface area (Å²) >= 11 is 6.20. The van der Waals surface area contributed by atoms with Crippen molar-refractivity contribution in [2.75, 3.05) is 0 Å². The molecule has 4 nitrogen and oxygen atoms in total. The highest BCUT2D eigenvalue weighted by atomic mass is 35.5. The number of aromatic nitrogens is 2. The van der Waals surface area contributed by atoms with Gasteiger partial charge in [-0.25, -0.2) is 4.68 Å². The number of hydrogen-bond acceptors (Lipinski definition) is 2. The second kappa shape index (κ2) is 5.90. The van der Waals surface area contributed by atoms with Gasteiger partial charge in [-0.3, -0.25) is 14.9 Å². The third-order valence-electron chi connectivity index (χ3n) is 4.39. The van der Waals surface area contributed by atoms with Gasteiger partial charge in [0.05, 0.1) is 16.9 Å². The molecule has 3 aromatic rings. The number of aromatic amines is 1. The highest BCUT2D eigenvalue weighted by Gasteiger charge is 2.15. The smallest absolute Gasteiger partial charge is 0.278 e. The highest BCUT2D eigenvalue weighted by Crippen LogP contribution is 2.32. The lowest BCUT2D eigenvalue weighted by Crippen LogP contribution is -2.16. The van der Waals surface area contributed by atoms with E-state index in [0.29, 0.717) is 16.3 Å². The average molecular weight is 350 g/mol. The van der Waals surface area contributed by atoms with Crippen LogP contribution in [0.15, 0.2) is 52.3 Å². The molecular formula is C20H16ClN3O. The van der Waals surface area contributed by atoms with Crippen LogP contribution in [0.3, 0.4) is 0 Å². The maximum absolute atomic E-state index is 12.9. The number of hydrogen-bond donors (Lipinski definition) is 1. The molecule has 1 aliphatic rings. The molecule has 1 aliphatic heterocycles. The Bertz CT molecular complexity index is 1100. The lowest BCUT2D eigenvalue weighted by molar-refractivity contribution is 0.835. The first kappa shape index (κ1) is 15.7. The number of aliphatic imine (C=N–C) groups is 1. The van der Waals surface area contributed by atoms with Crippen LogP contribution in [0.1, 0.15) is 22.4 Å². The van der Waals surface area contributed by atoms with Crippen LogP contribution in [0, 0.1) is 13.8 Å². The minimum atomic E-state index is -0.109. The van der Waals surface area contributed by atoms with E-state index < -0.39 is 0 Å². The predicted molar refractivity (Wildman–Crippen MR) is 103 cm³/mol. The van der Waals surface area contributed by atoms with Crippen molar-refractivity contribution in [2.45, 2.75) is 13.8 Å². The van der Waals surface area contributed by atoms with Gasteiger partial charge in [0.25, 0.3) is 5.56 Å². The van der Waals surface area contributed by atoms with Gasteiger partial charge in [0.1, 0.15) is 0 Å². The van der Waals surface area contributed by atoms with Crippen molar-refractivity contribution in [1.82, 2.24) is 9.78 Å². The molecule has 124 valence electrons. The predicted octanol–water partition coefficient (Wildman–Crippen LogP) is 4.69. The van der Waals surface area contributed by atoms with E-state index in [-0.39, 0.29) is 5.56 Å². The first-order valence-corrected chi connectivity index (χ1v) is 8.36. The van der Waals surface area contributed by atoms with E-state index in [1.165, 1.54) is 4.68 Å². The van der Waals surface area contributed by atoms with Gasteiger partial charge in [-0.15, -0.1) is 0 Å². The molecule has 25 heavy (non-hydrogen) atoms.